The van der Waals surface area contributed by atoms with E-state index in [1.807, 2.05) is 31.2 Å². The van der Waals surface area contributed by atoms with E-state index >= 15 is 0 Å². The number of amides is 1. The number of aryl methyl sites for hydroxylation is 2. The third-order valence-corrected chi connectivity index (χ3v) is 7.21. The Morgan fingerprint density at radius 2 is 1.60 bits per heavy atom. The van der Waals surface area contributed by atoms with Gasteiger partial charge in [-0.25, -0.2) is 13.1 Å². The van der Waals surface area contributed by atoms with Crippen LogP contribution >= 0.6 is 0 Å². The van der Waals surface area contributed by atoms with E-state index in [2.05, 4.69) is 10.0 Å². The molecule has 0 aliphatic rings. The van der Waals surface area contributed by atoms with E-state index in [1.54, 1.807) is 62.0 Å². The molecule has 0 bridgehead atoms. The maximum absolute atomic E-state index is 13.2. The van der Waals surface area contributed by atoms with Gasteiger partial charge in [-0.2, -0.15) is 0 Å². The van der Waals surface area contributed by atoms with Gasteiger partial charge in [0.25, 0.3) is 21.5 Å². The zero-order valence-corrected chi connectivity index (χ0v) is 20.7. The molecule has 0 atom stereocenters. The second kappa shape index (κ2) is 9.27. The fraction of sp³-hybridized carbons (Fsp3) is 0.154. The highest BCUT2D eigenvalue weighted by atomic mass is 32.2. The van der Waals surface area contributed by atoms with Crippen molar-refractivity contribution in [2.75, 3.05) is 10.0 Å². The molecule has 0 spiro atoms. The minimum absolute atomic E-state index is 0.0544. The number of aromatic nitrogens is 2. The number of para-hydroxylation sites is 1. The van der Waals surface area contributed by atoms with Gasteiger partial charge in [0, 0.05) is 18.3 Å². The van der Waals surface area contributed by atoms with Crippen LogP contribution in [-0.2, 0) is 17.1 Å². The molecule has 1 heterocycles. The largest absolute Gasteiger partial charge is 0.316 e. The van der Waals surface area contributed by atoms with Crippen molar-refractivity contribution >= 4 is 27.3 Å². The molecule has 0 unspecified atom stereocenters. The molecule has 0 radical (unpaired) electrons. The number of anilines is 2. The lowest BCUT2D eigenvalue weighted by Gasteiger charge is -2.12. The second-order valence-corrected chi connectivity index (χ2v) is 10.0. The lowest BCUT2D eigenvalue weighted by atomic mass is 10.1. The maximum Gasteiger partial charge on any atom is 0.295 e. The fourth-order valence-corrected chi connectivity index (χ4v) is 4.90. The summed E-state index contributed by atoms with van der Waals surface area (Å²) in [6, 6.07) is 20.4. The Kier molecular flexibility index (Phi) is 6.36. The van der Waals surface area contributed by atoms with Gasteiger partial charge in [-0.15, -0.1) is 0 Å². The summed E-state index contributed by atoms with van der Waals surface area (Å²) in [4.78, 5) is 26.3. The molecular formula is C26H26N4O4S. The lowest BCUT2D eigenvalue weighted by Crippen LogP contribution is -2.23. The zero-order chi connectivity index (χ0) is 25.3. The molecule has 4 aromatic rings. The fourth-order valence-electron chi connectivity index (χ4n) is 3.83. The molecule has 2 N–H and O–H groups in total. The van der Waals surface area contributed by atoms with Crippen molar-refractivity contribution < 1.29 is 13.2 Å². The van der Waals surface area contributed by atoms with Gasteiger partial charge in [-0.1, -0.05) is 36.4 Å². The van der Waals surface area contributed by atoms with Crippen molar-refractivity contribution in [1.29, 1.82) is 0 Å². The van der Waals surface area contributed by atoms with Gasteiger partial charge < -0.3 is 5.32 Å². The van der Waals surface area contributed by atoms with E-state index in [0.717, 1.165) is 5.56 Å². The number of nitrogens with one attached hydrogen (secondary N) is 2. The van der Waals surface area contributed by atoms with Crippen LogP contribution in [0.2, 0.25) is 0 Å². The van der Waals surface area contributed by atoms with Gasteiger partial charge in [-0.3, -0.25) is 19.0 Å². The second-order valence-electron chi connectivity index (χ2n) is 8.34. The van der Waals surface area contributed by atoms with Crippen LogP contribution in [0.4, 0.5) is 11.4 Å². The predicted octanol–water partition coefficient (Wildman–Crippen LogP) is 4.15. The summed E-state index contributed by atoms with van der Waals surface area (Å²) in [5.74, 6) is -0.568. The van der Waals surface area contributed by atoms with Crippen molar-refractivity contribution in [2.24, 2.45) is 7.05 Å². The Morgan fingerprint density at radius 1 is 0.886 bits per heavy atom. The van der Waals surface area contributed by atoms with Crippen molar-refractivity contribution in [3.05, 3.63) is 106 Å². The summed E-state index contributed by atoms with van der Waals surface area (Å²) in [6.45, 7) is 5.30. The number of benzene rings is 3. The number of rotatable bonds is 6. The molecule has 3 aromatic carbocycles. The maximum atomic E-state index is 13.2. The minimum atomic E-state index is -3.93. The highest BCUT2D eigenvalue weighted by molar-refractivity contribution is 7.92. The van der Waals surface area contributed by atoms with Crippen LogP contribution < -0.4 is 15.6 Å². The number of carbonyl (C=O) groups excluding carboxylic acids is 1. The SMILES string of the molecule is Cc1cccc(NS(=O)(=O)c2ccc(C)c(C(=O)Nc3c(C)n(C)n(-c4ccccc4)c3=O)c2)c1. The van der Waals surface area contributed by atoms with Gasteiger partial charge in [-0.05, 0) is 68.3 Å². The number of hydrogen-bond acceptors (Lipinski definition) is 4. The highest BCUT2D eigenvalue weighted by Gasteiger charge is 2.22. The van der Waals surface area contributed by atoms with Gasteiger partial charge in [0.1, 0.15) is 5.69 Å². The Morgan fingerprint density at radius 3 is 2.29 bits per heavy atom. The van der Waals surface area contributed by atoms with E-state index in [0.29, 0.717) is 22.6 Å². The number of sulfonamides is 1. The Labute approximate surface area is 203 Å². The van der Waals surface area contributed by atoms with Crippen molar-refractivity contribution in [3.8, 4) is 5.69 Å². The average molecular weight is 491 g/mol. The van der Waals surface area contributed by atoms with Crippen molar-refractivity contribution in [3.63, 3.8) is 0 Å². The molecule has 9 heteroatoms. The Balaban J connectivity index is 1.66. The van der Waals surface area contributed by atoms with Gasteiger partial charge in [0.15, 0.2) is 0 Å². The molecular weight excluding hydrogens is 464 g/mol. The standard InChI is InChI=1S/C26H26N4O4S/c1-17-9-8-10-20(15-17)28-35(33,34)22-14-13-18(2)23(16-22)25(31)27-24-19(3)29(4)30(26(24)32)21-11-6-5-7-12-21/h5-16,28H,1-4H3,(H,27,31). The first kappa shape index (κ1) is 24.0. The average Bonchev–Trinajstić information content (AvgIpc) is 3.02. The quantitative estimate of drug-likeness (QED) is 0.424. The number of hydrogen-bond donors (Lipinski definition) is 2. The Hall–Kier alpha value is -4.11. The number of carbonyl (C=O) groups is 1. The van der Waals surface area contributed by atoms with Crippen LogP contribution in [0.5, 0.6) is 0 Å². The van der Waals surface area contributed by atoms with Gasteiger partial charge in [0.2, 0.25) is 0 Å². The molecule has 35 heavy (non-hydrogen) atoms. The topological polar surface area (TPSA) is 102 Å². The van der Waals surface area contributed by atoms with Gasteiger partial charge >= 0.3 is 0 Å². The first-order valence-corrected chi connectivity index (χ1v) is 12.4. The van der Waals surface area contributed by atoms with Crippen LogP contribution in [0.3, 0.4) is 0 Å². The van der Waals surface area contributed by atoms with E-state index in [-0.39, 0.29) is 21.7 Å². The van der Waals surface area contributed by atoms with Crippen molar-refractivity contribution in [1.82, 2.24) is 9.36 Å². The van der Waals surface area contributed by atoms with E-state index < -0.39 is 15.9 Å². The van der Waals surface area contributed by atoms with Crippen LogP contribution in [0.1, 0.15) is 27.2 Å². The first-order chi connectivity index (χ1) is 16.6. The third-order valence-electron chi connectivity index (χ3n) is 5.83. The molecule has 1 amide bonds. The van der Waals surface area contributed by atoms with Crippen LogP contribution in [0.15, 0.2) is 82.5 Å². The summed E-state index contributed by atoms with van der Waals surface area (Å²) in [7, 11) is -2.20. The summed E-state index contributed by atoms with van der Waals surface area (Å²) >= 11 is 0. The first-order valence-electron chi connectivity index (χ1n) is 10.9. The van der Waals surface area contributed by atoms with Gasteiger partial charge in [0.05, 0.1) is 16.3 Å². The van der Waals surface area contributed by atoms with Crippen LogP contribution in [0.25, 0.3) is 5.69 Å². The summed E-state index contributed by atoms with van der Waals surface area (Å²) < 4.78 is 31.6. The molecule has 0 aliphatic heterocycles. The lowest BCUT2D eigenvalue weighted by molar-refractivity contribution is 0.102. The Bertz CT molecular complexity index is 1590. The van der Waals surface area contributed by atoms with Crippen molar-refractivity contribution in [2.45, 2.75) is 25.7 Å². The monoisotopic (exact) mass is 490 g/mol. The predicted molar refractivity (Wildman–Crippen MR) is 137 cm³/mol. The molecule has 180 valence electrons. The molecule has 4 rings (SSSR count). The van der Waals surface area contributed by atoms with Crippen LogP contribution in [-0.4, -0.2) is 23.7 Å². The van der Waals surface area contributed by atoms with E-state index in [9.17, 15) is 18.0 Å². The third kappa shape index (κ3) is 4.76. The molecule has 8 nitrogen and oxygen atoms in total. The molecule has 0 fully saturated rings. The zero-order valence-electron chi connectivity index (χ0n) is 19.9. The summed E-state index contributed by atoms with van der Waals surface area (Å²) in [5, 5.41) is 2.69. The normalized spacial score (nSPS) is 11.3. The van der Waals surface area contributed by atoms with Crippen LogP contribution in [0, 0.1) is 20.8 Å². The smallest absolute Gasteiger partial charge is 0.295 e. The highest BCUT2D eigenvalue weighted by Crippen LogP contribution is 2.22. The number of nitrogens with zero attached hydrogens (tertiary/aromatic N) is 2. The molecule has 0 saturated carbocycles. The minimum Gasteiger partial charge on any atom is -0.316 e. The van der Waals surface area contributed by atoms with E-state index in [1.165, 1.54) is 16.8 Å². The molecule has 1 aromatic heterocycles. The summed E-state index contributed by atoms with van der Waals surface area (Å²) in [5.41, 5.74) is 3.05. The molecule has 0 saturated heterocycles. The molecule has 0 aliphatic carbocycles. The van der Waals surface area contributed by atoms with E-state index in [4.69, 9.17) is 0 Å². The summed E-state index contributed by atoms with van der Waals surface area (Å²) in [6.07, 6.45) is 0.